The highest BCUT2D eigenvalue weighted by Gasteiger charge is 2.34. The Labute approximate surface area is 124 Å². The third-order valence-corrected chi connectivity index (χ3v) is 5.08. The van der Waals surface area contributed by atoms with Crippen LogP contribution in [0, 0.1) is 5.92 Å². The highest BCUT2D eigenvalue weighted by molar-refractivity contribution is 4.90. The van der Waals surface area contributed by atoms with Gasteiger partial charge in [0.05, 0.1) is 6.10 Å². The quantitative estimate of drug-likeness (QED) is 0.743. The van der Waals surface area contributed by atoms with Gasteiger partial charge in [-0.25, -0.2) is 0 Å². The Kier molecular flexibility index (Phi) is 6.27. The lowest BCUT2D eigenvalue weighted by Gasteiger charge is -2.33. The van der Waals surface area contributed by atoms with Crippen LogP contribution >= 0.6 is 0 Å². The van der Waals surface area contributed by atoms with Gasteiger partial charge in [0.1, 0.15) is 0 Å². The normalized spacial score (nSPS) is 36.5. The molecule has 4 atom stereocenters. The minimum absolute atomic E-state index is 0.126. The van der Waals surface area contributed by atoms with Crippen LogP contribution in [0.5, 0.6) is 0 Å². The van der Waals surface area contributed by atoms with Gasteiger partial charge in [0.2, 0.25) is 0 Å². The van der Waals surface area contributed by atoms with Gasteiger partial charge in [-0.1, -0.05) is 19.3 Å². The Balaban J connectivity index is 1.94. The summed E-state index contributed by atoms with van der Waals surface area (Å²) in [5, 5.41) is 13.6. The number of rotatable bonds is 5. The largest absolute Gasteiger partial charge is 0.392 e. The van der Waals surface area contributed by atoms with Crippen molar-refractivity contribution in [2.75, 3.05) is 40.8 Å². The summed E-state index contributed by atoms with van der Waals surface area (Å²) < 4.78 is 0. The molecule has 4 unspecified atom stereocenters. The molecule has 4 heteroatoms. The number of aliphatic hydroxyl groups is 1. The van der Waals surface area contributed by atoms with Gasteiger partial charge in [0.15, 0.2) is 0 Å². The molecule has 0 radical (unpaired) electrons. The Morgan fingerprint density at radius 3 is 2.65 bits per heavy atom. The molecule has 0 aromatic heterocycles. The maximum atomic E-state index is 10.0. The summed E-state index contributed by atoms with van der Waals surface area (Å²) in [5.74, 6) is 0.748. The van der Waals surface area contributed by atoms with E-state index in [1.165, 1.54) is 32.1 Å². The van der Waals surface area contributed by atoms with E-state index in [0.717, 1.165) is 32.0 Å². The van der Waals surface area contributed by atoms with Crippen molar-refractivity contribution in [3.63, 3.8) is 0 Å². The third kappa shape index (κ3) is 4.42. The van der Waals surface area contributed by atoms with E-state index >= 15 is 0 Å². The zero-order valence-corrected chi connectivity index (χ0v) is 13.5. The van der Waals surface area contributed by atoms with Crippen molar-refractivity contribution < 1.29 is 5.11 Å². The van der Waals surface area contributed by atoms with Gasteiger partial charge in [-0.3, -0.25) is 4.90 Å². The number of hydrogen-bond donors (Lipinski definition) is 2. The second kappa shape index (κ2) is 7.74. The fraction of sp³-hybridized carbons (Fsp3) is 1.00. The van der Waals surface area contributed by atoms with Crippen molar-refractivity contribution in [2.24, 2.45) is 5.92 Å². The maximum absolute atomic E-state index is 10.0. The molecule has 20 heavy (non-hydrogen) atoms. The van der Waals surface area contributed by atoms with Gasteiger partial charge >= 0.3 is 0 Å². The fourth-order valence-electron chi connectivity index (χ4n) is 4.08. The molecular formula is C16H33N3O. The van der Waals surface area contributed by atoms with Crippen molar-refractivity contribution in [1.29, 1.82) is 0 Å². The summed E-state index contributed by atoms with van der Waals surface area (Å²) in [7, 11) is 6.37. The number of likely N-dealkylation sites (tertiary alicyclic amines) is 1. The molecule has 0 aromatic rings. The minimum Gasteiger partial charge on any atom is -0.392 e. The van der Waals surface area contributed by atoms with E-state index in [-0.39, 0.29) is 6.10 Å². The van der Waals surface area contributed by atoms with Crippen LogP contribution in [0.2, 0.25) is 0 Å². The second-order valence-corrected chi connectivity index (χ2v) is 7.05. The lowest BCUT2D eigenvalue weighted by Crippen LogP contribution is -2.44. The van der Waals surface area contributed by atoms with Crippen LogP contribution in [-0.2, 0) is 0 Å². The van der Waals surface area contributed by atoms with Gasteiger partial charge < -0.3 is 15.3 Å². The Bertz CT molecular complexity index is 285. The fourth-order valence-corrected chi connectivity index (χ4v) is 4.08. The Hall–Kier alpha value is -0.160. The number of likely N-dealkylation sites (N-methyl/N-ethyl adjacent to an activating group) is 1. The molecule has 0 aromatic carbocycles. The van der Waals surface area contributed by atoms with Gasteiger partial charge in [0, 0.05) is 31.7 Å². The molecule has 1 saturated heterocycles. The van der Waals surface area contributed by atoms with E-state index in [4.69, 9.17) is 0 Å². The highest BCUT2D eigenvalue weighted by atomic mass is 16.3. The zero-order valence-electron chi connectivity index (χ0n) is 13.5. The van der Waals surface area contributed by atoms with E-state index in [2.05, 4.69) is 36.3 Å². The molecule has 0 bridgehead atoms. The molecule has 1 saturated carbocycles. The number of hydrogen-bond acceptors (Lipinski definition) is 4. The van der Waals surface area contributed by atoms with Crippen molar-refractivity contribution in [2.45, 2.75) is 56.7 Å². The summed E-state index contributed by atoms with van der Waals surface area (Å²) in [4.78, 5) is 4.79. The molecule has 2 rings (SSSR count). The topological polar surface area (TPSA) is 38.7 Å². The molecule has 1 aliphatic heterocycles. The van der Waals surface area contributed by atoms with Gasteiger partial charge in [-0.2, -0.15) is 0 Å². The van der Waals surface area contributed by atoms with Crippen molar-refractivity contribution >= 4 is 0 Å². The van der Waals surface area contributed by atoms with Crippen LogP contribution in [0.3, 0.4) is 0 Å². The smallest absolute Gasteiger partial charge is 0.0682 e. The first-order chi connectivity index (χ1) is 9.60. The number of nitrogens with one attached hydrogen (secondary N) is 1. The molecule has 118 valence electrons. The number of aliphatic hydroxyl groups excluding tert-OH is 1. The van der Waals surface area contributed by atoms with Crippen LogP contribution < -0.4 is 5.32 Å². The molecule has 2 fully saturated rings. The first-order valence-corrected chi connectivity index (χ1v) is 8.34. The first kappa shape index (κ1) is 16.2. The van der Waals surface area contributed by atoms with Gasteiger partial charge in [0.25, 0.3) is 0 Å². The van der Waals surface area contributed by atoms with Crippen LogP contribution in [0.1, 0.15) is 38.5 Å². The molecule has 2 N–H and O–H groups in total. The molecule has 1 aliphatic carbocycles. The van der Waals surface area contributed by atoms with Crippen LogP contribution in [0.4, 0.5) is 0 Å². The molecule has 2 aliphatic rings. The standard InChI is InChI=1S/C16H33N3O/c1-17-16-8-6-4-5-7-13(16)10-19-12-15(20)9-14(19)11-18(2)3/h13-17,20H,4-12H2,1-3H3. The average molecular weight is 283 g/mol. The maximum Gasteiger partial charge on any atom is 0.0682 e. The molecule has 0 amide bonds. The van der Waals surface area contributed by atoms with E-state index < -0.39 is 0 Å². The Morgan fingerprint density at radius 1 is 1.20 bits per heavy atom. The summed E-state index contributed by atoms with van der Waals surface area (Å²) >= 11 is 0. The first-order valence-electron chi connectivity index (χ1n) is 8.34. The number of β-amino-alcohol motifs (C(OH)–C–C–N with tert-alkyl or cyclic N) is 1. The summed E-state index contributed by atoms with van der Waals surface area (Å²) in [6, 6.07) is 1.19. The van der Waals surface area contributed by atoms with Crippen LogP contribution in [-0.4, -0.2) is 73.9 Å². The number of nitrogens with zero attached hydrogens (tertiary/aromatic N) is 2. The summed E-state index contributed by atoms with van der Waals surface area (Å²) in [6.45, 7) is 3.08. The van der Waals surface area contributed by atoms with E-state index in [1.54, 1.807) is 0 Å². The molecular weight excluding hydrogens is 250 g/mol. The second-order valence-electron chi connectivity index (χ2n) is 7.05. The Morgan fingerprint density at radius 2 is 1.95 bits per heavy atom. The average Bonchev–Trinajstić information content (AvgIpc) is 2.61. The lowest BCUT2D eigenvalue weighted by molar-refractivity contribution is 0.145. The third-order valence-electron chi connectivity index (χ3n) is 5.08. The van der Waals surface area contributed by atoms with Crippen LogP contribution in [0.25, 0.3) is 0 Å². The molecule has 1 heterocycles. The monoisotopic (exact) mass is 283 g/mol. The van der Waals surface area contributed by atoms with Crippen LogP contribution in [0.15, 0.2) is 0 Å². The van der Waals surface area contributed by atoms with Crippen molar-refractivity contribution in [3.8, 4) is 0 Å². The van der Waals surface area contributed by atoms with Crippen molar-refractivity contribution in [3.05, 3.63) is 0 Å². The predicted molar refractivity (Wildman–Crippen MR) is 84.0 cm³/mol. The van der Waals surface area contributed by atoms with Gasteiger partial charge in [-0.05, 0) is 46.3 Å². The van der Waals surface area contributed by atoms with E-state index in [1.807, 2.05) is 0 Å². The predicted octanol–water partition coefficient (Wildman–Crippen LogP) is 1.15. The SMILES string of the molecule is CNC1CCCCCC1CN1CC(O)CC1CN(C)C. The molecule has 4 nitrogen and oxygen atoms in total. The highest BCUT2D eigenvalue weighted by Crippen LogP contribution is 2.27. The minimum atomic E-state index is -0.126. The van der Waals surface area contributed by atoms with Gasteiger partial charge in [-0.15, -0.1) is 0 Å². The van der Waals surface area contributed by atoms with Crippen molar-refractivity contribution in [1.82, 2.24) is 15.1 Å². The summed E-state index contributed by atoms with van der Waals surface area (Å²) in [6.07, 6.45) is 7.60. The lowest BCUT2D eigenvalue weighted by atomic mass is 9.94. The zero-order chi connectivity index (χ0) is 14.5. The summed E-state index contributed by atoms with van der Waals surface area (Å²) in [5.41, 5.74) is 0. The molecule has 0 spiro atoms. The van der Waals surface area contributed by atoms with E-state index in [9.17, 15) is 5.11 Å². The van der Waals surface area contributed by atoms with E-state index in [0.29, 0.717) is 12.1 Å².